The molecule has 0 spiro atoms. The molecule has 0 unspecified atom stereocenters. The second kappa shape index (κ2) is 8.72. The monoisotopic (exact) mass is 495 g/mol. The lowest BCUT2D eigenvalue weighted by molar-refractivity contribution is 1.54. The van der Waals surface area contributed by atoms with Crippen LogP contribution in [0.25, 0.3) is 76.7 Å². The Bertz CT molecular complexity index is 2100. The largest absolute Gasteiger partial charge is 0.354 e. The molecule has 182 valence electrons. The summed E-state index contributed by atoms with van der Waals surface area (Å²) < 4.78 is 0. The van der Waals surface area contributed by atoms with Crippen LogP contribution >= 0.6 is 0 Å². The van der Waals surface area contributed by atoms with Crippen LogP contribution in [-0.4, -0.2) is 4.98 Å². The Balaban J connectivity index is 1.52. The number of benzene rings is 7. The molecule has 8 aromatic rings. The van der Waals surface area contributed by atoms with Crippen LogP contribution in [0.15, 0.2) is 146 Å². The Hall–Kier alpha value is -5.14. The molecular formula is C38H25N. The summed E-state index contributed by atoms with van der Waals surface area (Å²) in [5.41, 5.74) is 9.75. The first kappa shape index (κ1) is 21.9. The average molecular weight is 496 g/mol. The fourth-order valence-corrected chi connectivity index (χ4v) is 6.11. The van der Waals surface area contributed by atoms with E-state index in [-0.39, 0.29) is 0 Å². The van der Waals surface area contributed by atoms with Gasteiger partial charge in [-0.15, -0.1) is 0 Å². The van der Waals surface area contributed by atoms with Gasteiger partial charge in [0.25, 0.3) is 0 Å². The lowest BCUT2D eigenvalue weighted by atomic mass is 9.89. The Morgan fingerprint density at radius 3 is 1.59 bits per heavy atom. The average Bonchev–Trinajstić information content (AvgIpc) is 3.38. The minimum Gasteiger partial charge on any atom is -0.354 e. The van der Waals surface area contributed by atoms with Crippen molar-refractivity contribution in [2.24, 2.45) is 0 Å². The number of aromatic nitrogens is 1. The van der Waals surface area contributed by atoms with E-state index in [4.69, 9.17) is 0 Å². The van der Waals surface area contributed by atoms with E-state index in [1.54, 1.807) is 0 Å². The maximum Gasteiger partial charge on any atom is 0.0545 e. The number of hydrogen-bond donors (Lipinski definition) is 1. The zero-order chi connectivity index (χ0) is 25.8. The van der Waals surface area contributed by atoms with Gasteiger partial charge in [0.05, 0.1) is 5.52 Å². The molecule has 0 atom stereocenters. The predicted octanol–water partition coefficient (Wildman–Crippen LogP) is 10.6. The molecule has 0 amide bonds. The number of rotatable bonds is 3. The highest BCUT2D eigenvalue weighted by atomic mass is 14.7. The number of fused-ring (bicyclic) bond motifs is 5. The smallest absolute Gasteiger partial charge is 0.0545 e. The van der Waals surface area contributed by atoms with Crippen molar-refractivity contribution in [3.63, 3.8) is 0 Å². The topological polar surface area (TPSA) is 15.8 Å². The van der Waals surface area contributed by atoms with Gasteiger partial charge in [0.15, 0.2) is 0 Å². The lowest BCUT2D eigenvalue weighted by Gasteiger charge is -2.15. The van der Waals surface area contributed by atoms with Gasteiger partial charge in [-0.2, -0.15) is 0 Å². The summed E-state index contributed by atoms with van der Waals surface area (Å²) in [5, 5.41) is 7.54. The van der Waals surface area contributed by atoms with E-state index >= 15 is 0 Å². The molecule has 0 radical (unpaired) electrons. The van der Waals surface area contributed by atoms with Crippen LogP contribution in [0.2, 0.25) is 0 Å². The van der Waals surface area contributed by atoms with Crippen molar-refractivity contribution in [2.75, 3.05) is 0 Å². The van der Waals surface area contributed by atoms with Crippen molar-refractivity contribution >= 4 is 43.4 Å². The fraction of sp³-hybridized carbons (Fsp3) is 0. The SMILES string of the molecule is c1ccc(-c2ccc3[nH]c4c(-c5c6ccccc6cc6ccccc56)cc(-c5ccccc5)cc4c3c2)cc1. The number of H-pyrrole nitrogens is 1. The zero-order valence-electron chi connectivity index (χ0n) is 21.4. The number of aromatic amines is 1. The molecule has 0 fully saturated rings. The molecule has 7 aromatic carbocycles. The van der Waals surface area contributed by atoms with E-state index in [1.807, 2.05) is 0 Å². The summed E-state index contributed by atoms with van der Waals surface area (Å²) >= 11 is 0. The van der Waals surface area contributed by atoms with Crippen molar-refractivity contribution < 1.29 is 0 Å². The van der Waals surface area contributed by atoms with E-state index in [0.717, 1.165) is 5.52 Å². The Morgan fingerprint density at radius 2 is 0.923 bits per heavy atom. The second-order valence-electron chi connectivity index (χ2n) is 10.3. The zero-order valence-corrected chi connectivity index (χ0v) is 21.4. The summed E-state index contributed by atoms with van der Waals surface area (Å²) in [5.74, 6) is 0. The Morgan fingerprint density at radius 1 is 0.359 bits per heavy atom. The minimum atomic E-state index is 1.15. The normalized spacial score (nSPS) is 11.6. The van der Waals surface area contributed by atoms with E-state index in [9.17, 15) is 0 Å². The summed E-state index contributed by atoms with van der Waals surface area (Å²) in [4.78, 5) is 3.83. The Labute approximate surface area is 227 Å². The molecule has 1 aromatic heterocycles. The molecule has 0 aliphatic carbocycles. The molecule has 8 rings (SSSR count). The van der Waals surface area contributed by atoms with Gasteiger partial charge in [-0.25, -0.2) is 0 Å². The highest BCUT2D eigenvalue weighted by Crippen LogP contribution is 2.43. The highest BCUT2D eigenvalue weighted by Gasteiger charge is 2.17. The van der Waals surface area contributed by atoms with Gasteiger partial charge in [0.1, 0.15) is 0 Å². The fourth-order valence-electron chi connectivity index (χ4n) is 6.11. The maximum absolute atomic E-state index is 3.83. The lowest BCUT2D eigenvalue weighted by Crippen LogP contribution is -1.89. The standard InChI is InChI=1S/C38H25N/c1-3-11-25(12-4-1)27-19-20-36-33(22-27)34-23-30(26-13-5-2-6-14-26)24-35(38(34)39-36)37-31-17-9-7-15-28(31)21-29-16-8-10-18-32(29)37/h1-24,39H. The van der Waals surface area contributed by atoms with Crippen LogP contribution in [0.5, 0.6) is 0 Å². The first-order valence-electron chi connectivity index (χ1n) is 13.4. The van der Waals surface area contributed by atoms with Gasteiger partial charge in [-0.05, 0) is 79.7 Å². The summed E-state index contributed by atoms with van der Waals surface area (Å²) in [6, 6.07) is 52.7. The van der Waals surface area contributed by atoms with Gasteiger partial charge >= 0.3 is 0 Å². The van der Waals surface area contributed by atoms with Crippen LogP contribution in [-0.2, 0) is 0 Å². The van der Waals surface area contributed by atoms with Gasteiger partial charge < -0.3 is 4.98 Å². The molecule has 0 aliphatic rings. The molecule has 39 heavy (non-hydrogen) atoms. The maximum atomic E-state index is 3.83. The molecule has 0 bridgehead atoms. The van der Waals surface area contributed by atoms with Crippen molar-refractivity contribution in [3.8, 4) is 33.4 Å². The quantitative estimate of drug-likeness (QED) is 0.235. The molecular weight excluding hydrogens is 470 g/mol. The van der Waals surface area contributed by atoms with Crippen molar-refractivity contribution in [1.82, 2.24) is 4.98 Å². The molecule has 1 N–H and O–H groups in total. The van der Waals surface area contributed by atoms with Crippen LogP contribution < -0.4 is 0 Å². The van der Waals surface area contributed by atoms with Crippen LogP contribution in [0.4, 0.5) is 0 Å². The van der Waals surface area contributed by atoms with E-state index in [0.29, 0.717) is 0 Å². The van der Waals surface area contributed by atoms with E-state index < -0.39 is 0 Å². The van der Waals surface area contributed by atoms with Gasteiger partial charge in [0.2, 0.25) is 0 Å². The van der Waals surface area contributed by atoms with Crippen molar-refractivity contribution in [1.29, 1.82) is 0 Å². The second-order valence-corrected chi connectivity index (χ2v) is 10.3. The van der Waals surface area contributed by atoms with Crippen LogP contribution in [0.1, 0.15) is 0 Å². The number of hydrogen-bond acceptors (Lipinski definition) is 0. The highest BCUT2D eigenvalue weighted by molar-refractivity contribution is 6.21. The molecule has 1 heterocycles. The van der Waals surface area contributed by atoms with Crippen molar-refractivity contribution in [2.45, 2.75) is 0 Å². The van der Waals surface area contributed by atoms with Crippen LogP contribution in [0, 0.1) is 0 Å². The first-order chi connectivity index (χ1) is 19.3. The third-order valence-corrected chi connectivity index (χ3v) is 7.96. The van der Waals surface area contributed by atoms with E-state index in [2.05, 4.69) is 151 Å². The summed E-state index contributed by atoms with van der Waals surface area (Å²) in [6.07, 6.45) is 0. The number of nitrogens with one attached hydrogen (secondary N) is 1. The third kappa shape index (κ3) is 3.55. The van der Waals surface area contributed by atoms with E-state index in [1.165, 1.54) is 71.2 Å². The Kier molecular flexibility index (Phi) is 4.89. The third-order valence-electron chi connectivity index (χ3n) is 7.96. The summed E-state index contributed by atoms with van der Waals surface area (Å²) in [6.45, 7) is 0. The van der Waals surface area contributed by atoms with Gasteiger partial charge in [-0.3, -0.25) is 0 Å². The molecule has 1 nitrogen and oxygen atoms in total. The van der Waals surface area contributed by atoms with Gasteiger partial charge in [0, 0.05) is 21.9 Å². The minimum absolute atomic E-state index is 1.15. The van der Waals surface area contributed by atoms with Crippen molar-refractivity contribution in [3.05, 3.63) is 146 Å². The predicted molar refractivity (Wildman–Crippen MR) is 167 cm³/mol. The van der Waals surface area contributed by atoms with Gasteiger partial charge in [-0.1, -0.05) is 115 Å². The molecule has 0 saturated carbocycles. The first-order valence-corrected chi connectivity index (χ1v) is 13.4. The molecule has 1 heteroatoms. The summed E-state index contributed by atoms with van der Waals surface area (Å²) in [7, 11) is 0. The van der Waals surface area contributed by atoms with Crippen LogP contribution in [0.3, 0.4) is 0 Å². The molecule has 0 aliphatic heterocycles. The molecule has 0 saturated heterocycles.